The van der Waals surface area contributed by atoms with Crippen molar-refractivity contribution < 1.29 is 9.18 Å². The molecule has 0 radical (unpaired) electrons. The molecule has 0 unspecified atom stereocenters. The number of nitrogens with zero attached hydrogens (tertiary/aromatic N) is 1. The monoisotopic (exact) mass is 273 g/mol. The van der Waals surface area contributed by atoms with Gasteiger partial charge in [-0.1, -0.05) is 12.1 Å². The summed E-state index contributed by atoms with van der Waals surface area (Å²) in [7, 11) is 0. The van der Waals surface area contributed by atoms with Crippen molar-refractivity contribution in [3.05, 3.63) is 59.7 Å². The first-order valence-corrected chi connectivity index (χ1v) is 6.35. The lowest BCUT2D eigenvalue weighted by molar-refractivity contribution is -0.120. The summed E-state index contributed by atoms with van der Waals surface area (Å²) in [6.45, 7) is 0.513. The van der Waals surface area contributed by atoms with Crippen molar-refractivity contribution in [3.8, 4) is 0 Å². The van der Waals surface area contributed by atoms with Crippen molar-refractivity contribution in [3.63, 3.8) is 0 Å². The molecule has 0 aliphatic heterocycles. The lowest BCUT2D eigenvalue weighted by Gasteiger charge is -2.05. The largest absolute Gasteiger partial charge is 0.397 e. The minimum atomic E-state index is -0.257. The molecule has 3 N–H and O–H groups in total. The quantitative estimate of drug-likeness (QED) is 0.871. The Morgan fingerprint density at radius 3 is 2.60 bits per heavy atom. The SMILES string of the molecule is Nc1ccc(CC(=O)NCCc2ccc(F)cc2)nc1. The van der Waals surface area contributed by atoms with Crippen LogP contribution in [0.25, 0.3) is 0 Å². The second-order valence-electron chi connectivity index (χ2n) is 4.49. The second kappa shape index (κ2) is 6.65. The van der Waals surface area contributed by atoms with Gasteiger partial charge in [-0.2, -0.15) is 0 Å². The first-order valence-electron chi connectivity index (χ1n) is 6.35. The summed E-state index contributed by atoms with van der Waals surface area (Å²) in [6, 6.07) is 9.69. The Kier molecular flexibility index (Phi) is 4.65. The van der Waals surface area contributed by atoms with Crippen LogP contribution in [0.15, 0.2) is 42.6 Å². The van der Waals surface area contributed by atoms with Gasteiger partial charge < -0.3 is 11.1 Å². The van der Waals surface area contributed by atoms with E-state index in [1.807, 2.05) is 0 Å². The molecule has 1 aromatic carbocycles. The van der Waals surface area contributed by atoms with Gasteiger partial charge in [0.1, 0.15) is 5.82 Å². The minimum absolute atomic E-state index is 0.0932. The van der Waals surface area contributed by atoms with Crippen LogP contribution in [0, 0.1) is 5.82 Å². The van der Waals surface area contributed by atoms with E-state index in [1.54, 1.807) is 24.3 Å². The lowest BCUT2D eigenvalue weighted by Crippen LogP contribution is -2.27. The van der Waals surface area contributed by atoms with Crippen molar-refractivity contribution >= 4 is 11.6 Å². The molecule has 0 bridgehead atoms. The molecule has 0 aliphatic rings. The Hall–Kier alpha value is -2.43. The van der Waals surface area contributed by atoms with Crippen LogP contribution in [0.5, 0.6) is 0 Å². The van der Waals surface area contributed by atoms with Crippen LogP contribution in [-0.2, 0) is 17.6 Å². The normalized spacial score (nSPS) is 10.2. The predicted molar refractivity (Wildman–Crippen MR) is 75.5 cm³/mol. The van der Waals surface area contributed by atoms with Crippen molar-refractivity contribution in [2.24, 2.45) is 0 Å². The maximum atomic E-state index is 12.7. The zero-order valence-corrected chi connectivity index (χ0v) is 11.0. The van der Waals surface area contributed by atoms with Gasteiger partial charge in [-0.05, 0) is 36.2 Å². The zero-order valence-electron chi connectivity index (χ0n) is 11.0. The number of benzene rings is 1. The molecule has 0 fully saturated rings. The predicted octanol–water partition coefficient (Wildman–Crippen LogP) is 1.70. The number of carbonyl (C=O) groups is 1. The summed E-state index contributed by atoms with van der Waals surface area (Å²) in [6.07, 6.45) is 2.42. The van der Waals surface area contributed by atoms with Gasteiger partial charge in [0.2, 0.25) is 5.91 Å². The molecule has 2 rings (SSSR count). The van der Waals surface area contributed by atoms with Gasteiger partial charge in [-0.3, -0.25) is 9.78 Å². The first-order chi connectivity index (χ1) is 9.63. The van der Waals surface area contributed by atoms with Crippen molar-refractivity contribution in [2.75, 3.05) is 12.3 Å². The third kappa shape index (κ3) is 4.35. The highest BCUT2D eigenvalue weighted by Gasteiger charge is 2.04. The van der Waals surface area contributed by atoms with E-state index in [1.165, 1.54) is 18.3 Å². The number of nitrogen functional groups attached to an aromatic ring is 1. The average molecular weight is 273 g/mol. The number of pyridine rings is 1. The highest BCUT2D eigenvalue weighted by molar-refractivity contribution is 5.78. The van der Waals surface area contributed by atoms with Crippen LogP contribution in [0.3, 0.4) is 0 Å². The topological polar surface area (TPSA) is 68.0 Å². The summed E-state index contributed by atoms with van der Waals surface area (Å²) < 4.78 is 12.7. The van der Waals surface area contributed by atoms with Crippen LogP contribution in [0.1, 0.15) is 11.3 Å². The molecule has 0 saturated carbocycles. The zero-order chi connectivity index (χ0) is 14.4. The standard InChI is InChI=1S/C15H16FN3O/c16-12-3-1-11(2-4-12)7-8-18-15(20)9-14-6-5-13(17)10-19-14/h1-6,10H,7-9,17H2,(H,18,20). The Morgan fingerprint density at radius 2 is 1.95 bits per heavy atom. The summed E-state index contributed by atoms with van der Waals surface area (Å²) in [5.74, 6) is -0.350. The molecule has 104 valence electrons. The molecular weight excluding hydrogens is 257 g/mol. The van der Waals surface area contributed by atoms with Crippen LogP contribution in [-0.4, -0.2) is 17.4 Å². The highest BCUT2D eigenvalue weighted by atomic mass is 19.1. The smallest absolute Gasteiger partial charge is 0.226 e. The fourth-order valence-corrected chi connectivity index (χ4v) is 1.76. The number of nitrogens with two attached hydrogens (primary N) is 1. The third-order valence-corrected chi connectivity index (χ3v) is 2.84. The van der Waals surface area contributed by atoms with Gasteiger partial charge >= 0.3 is 0 Å². The second-order valence-corrected chi connectivity index (χ2v) is 4.49. The Labute approximate surface area is 116 Å². The Morgan fingerprint density at radius 1 is 1.20 bits per heavy atom. The number of hydrogen-bond donors (Lipinski definition) is 2. The van der Waals surface area contributed by atoms with Gasteiger partial charge in [0.15, 0.2) is 0 Å². The van der Waals surface area contributed by atoms with E-state index < -0.39 is 0 Å². The van der Waals surface area contributed by atoms with E-state index in [-0.39, 0.29) is 18.1 Å². The van der Waals surface area contributed by atoms with E-state index in [0.717, 1.165) is 5.56 Å². The summed E-state index contributed by atoms with van der Waals surface area (Å²) in [4.78, 5) is 15.8. The van der Waals surface area contributed by atoms with E-state index >= 15 is 0 Å². The average Bonchev–Trinajstić information content (AvgIpc) is 2.44. The fourth-order valence-electron chi connectivity index (χ4n) is 1.76. The maximum absolute atomic E-state index is 12.7. The molecule has 0 atom stereocenters. The molecule has 0 spiro atoms. The molecule has 0 aliphatic carbocycles. The molecule has 2 aromatic rings. The van der Waals surface area contributed by atoms with Gasteiger partial charge in [0, 0.05) is 12.2 Å². The lowest BCUT2D eigenvalue weighted by atomic mass is 10.1. The molecule has 20 heavy (non-hydrogen) atoms. The van der Waals surface area contributed by atoms with Crippen molar-refractivity contribution in [1.29, 1.82) is 0 Å². The number of halogens is 1. The number of amides is 1. The van der Waals surface area contributed by atoms with Crippen LogP contribution in [0.2, 0.25) is 0 Å². The van der Waals surface area contributed by atoms with Crippen LogP contribution < -0.4 is 11.1 Å². The van der Waals surface area contributed by atoms with Gasteiger partial charge in [0.05, 0.1) is 18.3 Å². The van der Waals surface area contributed by atoms with Crippen LogP contribution >= 0.6 is 0 Å². The summed E-state index contributed by atoms with van der Waals surface area (Å²) in [5, 5.41) is 2.80. The number of aromatic nitrogens is 1. The van der Waals surface area contributed by atoms with Gasteiger partial charge in [-0.25, -0.2) is 4.39 Å². The maximum Gasteiger partial charge on any atom is 0.226 e. The van der Waals surface area contributed by atoms with E-state index in [2.05, 4.69) is 10.3 Å². The Balaban J connectivity index is 1.75. The molecule has 5 heteroatoms. The summed E-state index contributed by atoms with van der Waals surface area (Å²) in [5.41, 5.74) is 7.76. The number of nitrogens with one attached hydrogen (secondary N) is 1. The van der Waals surface area contributed by atoms with Gasteiger partial charge in [-0.15, -0.1) is 0 Å². The van der Waals surface area contributed by atoms with E-state index in [9.17, 15) is 9.18 Å². The number of anilines is 1. The minimum Gasteiger partial charge on any atom is -0.397 e. The third-order valence-electron chi connectivity index (χ3n) is 2.84. The number of hydrogen-bond acceptors (Lipinski definition) is 3. The van der Waals surface area contributed by atoms with Gasteiger partial charge in [0.25, 0.3) is 0 Å². The first kappa shape index (κ1) is 14.0. The van der Waals surface area contributed by atoms with Crippen molar-refractivity contribution in [2.45, 2.75) is 12.8 Å². The number of rotatable bonds is 5. The molecule has 4 nitrogen and oxygen atoms in total. The molecule has 0 saturated heterocycles. The van der Waals surface area contributed by atoms with E-state index in [0.29, 0.717) is 24.3 Å². The van der Waals surface area contributed by atoms with Crippen molar-refractivity contribution in [1.82, 2.24) is 10.3 Å². The van der Waals surface area contributed by atoms with Crippen LogP contribution in [0.4, 0.5) is 10.1 Å². The molecule has 1 heterocycles. The summed E-state index contributed by atoms with van der Waals surface area (Å²) >= 11 is 0. The fraction of sp³-hybridized carbons (Fsp3) is 0.200. The Bertz CT molecular complexity index is 567. The molecular formula is C15H16FN3O. The molecule has 1 amide bonds. The highest BCUT2D eigenvalue weighted by Crippen LogP contribution is 2.03. The van der Waals surface area contributed by atoms with E-state index in [4.69, 9.17) is 5.73 Å². The number of carbonyl (C=O) groups excluding carboxylic acids is 1. The molecule has 1 aromatic heterocycles.